The Kier molecular flexibility index (Phi) is 7.99. The van der Waals surface area contributed by atoms with Gasteiger partial charge in [-0.1, -0.05) is 0 Å². The van der Waals surface area contributed by atoms with Crippen LogP contribution in [-0.2, 0) is 19.1 Å². The Labute approximate surface area is 167 Å². The molecule has 0 aromatic heterocycles. The average Bonchev–Trinajstić information content (AvgIpc) is 2.73. The van der Waals surface area contributed by atoms with E-state index >= 15 is 0 Å². The summed E-state index contributed by atoms with van der Waals surface area (Å²) in [5.74, 6) is -0.552. The molecule has 2 aromatic carbocycles. The van der Waals surface area contributed by atoms with Gasteiger partial charge in [0.15, 0.2) is 18.1 Å². The Bertz CT molecular complexity index is 866. The molecule has 0 aliphatic rings. The first-order valence-electron chi connectivity index (χ1n) is 8.54. The zero-order chi connectivity index (χ0) is 21.2. The molecule has 2 rings (SSSR count). The lowest BCUT2D eigenvalue weighted by Gasteiger charge is -2.12. The molecule has 0 spiro atoms. The second-order valence-corrected chi connectivity index (χ2v) is 5.74. The van der Waals surface area contributed by atoms with Gasteiger partial charge >= 0.3 is 5.97 Å². The molecule has 0 aliphatic carbocycles. The molecular weight excluding hydrogens is 380 g/mol. The summed E-state index contributed by atoms with van der Waals surface area (Å²) in [5.41, 5.74) is 1.47. The minimum Gasteiger partial charge on any atom is -0.493 e. The quantitative estimate of drug-likeness (QED) is 0.618. The van der Waals surface area contributed by atoms with Crippen LogP contribution in [0.1, 0.15) is 10.4 Å². The number of esters is 1. The van der Waals surface area contributed by atoms with Crippen molar-refractivity contribution in [3.8, 4) is 11.5 Å². The summed E-state index contributed by atoms with van der Waals surface area (Å²) in [4.78, 5) is 35.2. The molecule has 2 N–H and O–H groups in total. The Hall–Kier alpha value is -3.59. The van der Waals surface area contributed by atoms with Gasteiger partial charge in [0.05, 0.1) is 14.2 Å². The van der Waals surface area contributed by atoms with Crippen LogP contribution in [0.5, 0.6) is 11.5 Å². The smallest absolute Gasteiger partial charge is 0.343 e. The molecule has 154 valence electrons. The van der Waals surface area contributed by atoms with E-state index in [1.54, 1.807) is 30.3 Å². The first kappa shape index (κ1) is 21.7. The number of methoxy groups -OCH3 is 3. The van der Waals surface area contributed by atoms with Gasteiger partial charge in [-0.05, 0) is 42.5 Å². The van der Waals surface area contributed by atoms with Gasteiger partial charge in [-0.3, -0.25) is 9.59 Å². The second-order valence-electron chi connectivity index (χ2n) is 5.74. The van der Waals surface area contributed by atoms with Gasteiger partial charge in [0.25, 0.3) is 5.91 Å². The van der Waals surface area contributed by atoms with Crippen LogP contribution in [0.3, 0.4) is 0 Å². The van der Waals surface area contributed by atoms with E-state index in [-0.39, 0.29) is 25.0 Å². The number of hydrogen-bond donors (Lipinski definition) is 2. The van der Waals surface area contributed by atoms with Crippen LogP contribution in [0.25, 0.3) is 0 Å². The van der Waals surface area contributed by atoms with Gasteiger partial charge in [-0.2, -0.15) is 0 Å². The van der Waals surface area contributed by atoms with Crippen LogP contribution < -0.4 is 20.1 Å². The van der Waals surface area contributed by atoms with Crippen molar-refractivity contribution in [3.05, 3.63) is 48.0 Å². The van der Waals surface area contributed by atoms with Crippen LogP contribution in [0, 0.1) is 0 Å². The van der Waals surface area contributed by atoms with Crippen molar-refractivity contribution in [1.82, 2.24) is 0 Å². The minimum absolute atomic E-state index is 0.0420. The third-order valence-corrected chi connectivity index (χ3v) is 3.70. The van der Waals surface area contributed by atoms with Crippen molar-refractivity contribution >= 4 is 29.2 Å². The number of amides is 2. The summed E-state index contributed by atoms with van der Waals surface area (Å²) in [5, 5.41) is 5.41. The molecule has 29 heavy (non-hydrogen) atoms. The topological polar surface area (TPSA) is 112 Å². The summed E-state index contributed by atoms with van der Waals surface area (Å²) in [6.07, 6.45) is 0. The molecule has 9 nitrogen and oxygen atoms in total. The number of carbonyl (C=O) groups excluding carboxylic acids is 3. The maximum absolute atomic E-state index is 12.5. The summed E-state index contributed by atoms with van der Waals surface area (Å²) >= 11 is 0. The van der Waals surface area contributed by atoms with Gasteiger partial charge in [-0.15, -0.1) is 0 Å². The predicted octanol–water partition coefficient (Wildman–Crippen LogP) is 2.08. The summed E-state index contributed by atoms with van der Waals surface area (Å²) < 4.78 is 19.8. The standard InChI is InChI=1S/C20H22N2O7/c1-26-11-18(23)21-14-5-7-15(8-6-14)22-20(25)13-4-9-16(17(10-13)27-2)29-12-19(24)28-3/h4-10H,11-12H2,1-3H3,(H,21,23)(H,22,25). The van der Waals surface area contributed by atoms with Gasteiger partial charge in [0.2, 0.25) is 5.91 Å². The number of ether oxygens (including phenoxy) is 4. The van der Waals surface area contributed by atoms with E-state index < -0.39 is 5.97 Å². The van der Waals surface area contributed by atoms with Crippen molar-refractivity contribution in [2.45, 2.75) is 0 Å². The molecular formula is C20H22N2O7. The number of hydrogen-bond acceptors (Lipinski definition) is 7. The van der Waals surface area contributed by atoms with E-state index in [0.29, 0.717) is 28.4 Å². The van der Waals surface area contributed by atoms with E-state index in [2.05, 4.69) is 15.4 Å². The number of carbonyl (C=O) groups is 3. The molecule has 0 fully saturated rings. The Morgan fingerprint density at radius 3 is 2.07 bits per heavy atom. The largest absolute Gasteiger partial charge is 0.493 e. The summed E-state index contributed by atoms with van der Waals surface area (Å²) in [6, 6.07) is 11.2. The number of rotatable bonds is 9. The lowest BCUT2D eigenvalue weighted by atomic mass is 10.1. The molecule has 0 saturated carbocycles. The molecule has 0 heterocycles. The first-order valence-corrected chi connectivity index (χ1v) is 8.54. The van der Waals surface area contributed by atoms with Crippen LogP contribution in [0.2, 0.25) is 0 Å². The van der Waals surface area contributed by atoms with Crippen LogP contribution >= 0.6 is 0 Å². The minimum atomic E-state index is -0.532. The molecule has 2 aromatic rings. The Morgan fingerprint density at radius 2 is 1.48 bits per heavy atom. The first-order chi connectivity index (χ1) is 14.0. The molecule has 9 heteroatoms. The molecule has 0 atom stereocenters. The summed E-state index contributed by atoms with van der Waals surface area (Å²) in [7, 11) is 4.13. The van der Waals surface area contributed by atoms with Gasteiger partial charge in [-0.25, -0.2) is 4.79 Å². The van der Waals surface area contributed by atoms with Gasteiger partial charge in [0, 0.05) is 24.0 Å². The highest BCUT2D eigenvalue weighted by atomic mass is 16.6. The maximum atomic E-state index is 12.5. The number of nitrogens with one attached hydrogen (secondary N) is 2. The van der Waals surface area contributed by atoms with Gasteiger partial charge in [0.1, 0.15) is 6.61 Å². The van der Waals surface area contributed by atoms with E-state index in [1.807, 2.05) is 0 Å². The molecule has 0 aliphatic heterocycles. The Morgan fingerprint density at radius 1 is 0.828 bits per heavy atom. The third kappa shape index (κ3) is 6.51. The van der Waals surface area contributed by atoms with Crippen molar-refractivity contribution in [3.63, 3.8) is 0 Å². The van der Waals surface area contributed by atoms with Crippen LogP contribution in [0.15, 0.2) is 42.5 Å². The van der Waals surface area contributed by atoms with Crippen molar-refractivity contribution in [2.75, 3.05) is 45.2 Å². The number of anilines is 2. The van der Waals surface area contributed by atoms with E-state index in [1.165, 1.54) is 33.5 Å². The fourth-order valence-electron chi connectivity index (χ4n) is 2.29. The average molecular weight is 402 g/mol. The SMILES string of the molecule is COCC(=O)Nc1ccc(NC(=O)c2ccc(OCC(=O)OC)c(OC)c2)cc1. The molecule has 0 bridgehead atoms. The van der Waals surface area contributed by atoms with Gasteiger partial charge < -0.3 is 29.6 Å². The van der Waals surface area contributed by atoms with Crippen LogP contribution in [-0.4, -0.2) is 52.3 Å². The monoisotopic (exact) mass is 402 g/mol. The zero-order valence-electron chi connectivity index (χ0n) is 16.3. The fourth-order valence-corrected chi connectivity index (χ4v) is 2.29. The fraction of sp³-hybridized carbons (Fsp3) is 0.250. The normalized spacial score (nSPS) is 10.0. The van der Waals surface area contributed by atoms with E-state index in [0.717, 1.165) is 0 Å². The highest BCUT2D eigenvalue weighted by Gasteiger charge is 2.13. The highest BCUT2D eigenvalue weighted by molar-refractivity contribution is 6.04. The Balaban J connectivity index is 2.02. The zero-order valence-corrected chi connectivity index (χ0v) is 16.3. The van der Waals surface area contributed by atoms with E-state index in [4.69, 9.17) is 14.2 Å². The summed E-state index contributed by atoms with van der Waals surface area (Å²) in [6.45, 7) is -0.314. The highest BCUT2D eigenvalue weighted by Crippen LogP contribution is 2.28. The van der Waals surface area contributed by atoms with Crippen molar-refractivity contribution in [1.29, 1.82) is 0 Å². The van der Waals surface area contributed by atoms with E-state index in [9.17, 15) is 14.4 Å². The number of benzene rings is 2. The second kappa shape index (κ2) is 10.7. The third-order valence-electron chi connectivity index (χ3n) is 3.70. The van der Waals surface area contributed by atoms with Crippen molar-refractivity contribution in [2.24, 2.45) is 0 Å². The maximum Gasteiger partial charge on any atom is 0.343 e. The molecule has 2 amide bonds. The molecule has 0 radical (unpaired) electrons. The lowest BCUT2D eigenvalue weighted by Crippen LogP contribution is -2.17. The lowest BCUT2D eigenvalue weighted by molar-refractivity contribution is -0.142. The van der Waals surface area contributed by atoms with Crippen LogP contribution in [0.4, 0.5) is 11.4 Å². The predicted molar refractivity (Wildman–Crippen MR) is 105 cm³/mol. The van der Waals surface area contributed by atoms with Crippen molar-refractivity contribution < 1.29 is 33.3 Å². The molecule has 0 unspecified atom stereocenters. The molecule has 0 saturated heterocycles.